The topological polar surface area (TPSA) is 60.0 Å². The van der Waals surface area contributed by atoms with Crippen molar-refractivity contribution in [3.63, 3.8) is 0 Å². The number of fused-ring (bicyclic) bond motifs is 1. The van der Waals surface area contributed by atoms with Crippen LogP contribution in [0.1, 0.15) is 10.4 Å². The molecule has 0 radical (unpaired) electrons. The van der Waals surface area contributed by atoms with E-state index in [4.69, 9.17) is 14.2 Å². The number of nitrogens with one attached hydrogen (secondary N) is 1. The molecule has 2 heterocycles. The quantitative estimate of drug-likeness (QED) is 0.899. The molecule has 0 aliphatic carbocycles. The lowest BCUT2D eigenvalue weighted by Gasteiger charge is -2.19. The van der Waals surface area contributed by atoms with Gasteiger partial charge in [-0.15, -0.1) is 0 Å². The standard InChI is InChI=1S/C16H22N2O4/c1-20-13-4-10(5-14(21-2)15(13)22-3)16(19)18-8-11-6-17-7-12(11)9-18/h4-5,11-12,17H,6-9H2,1-3H3/t11-,12+. The van der Waals surface area contributed by atoms with Crippen molar-refractivity contribution in [1.29, 1.82) is 0 Å². The largest absolute Gasteiger partial charge is 0.493 e. The van der Waals surface area contributed by atoms with E-state index in [9.17, 15) is 4.79 Å². The van der Waals surface area contributed by atoms with Crippen molar-refractivity contribution in [2.75, 3.05) is 47.5 Å². The number of likely N-dealkylation sites (tertiary alicyclic amines) is 1. The molecule has 1 aromatic rings. The second kappa shape index (κ2) is 6.04. The zero-order valence-electron chi connectivity index (χ0n) is 13.2. The molecule has 0 aromatic heterocycles. The summed E-state index contributed by atoms with van der Waals surface area (Å²) in [5.41, 5.74) is 0.572. The molecule has 0 unspecified atom stereocenters. The van der Waals surface area contributed by atoms with E-state index in [1.54, 1.807) is 33.5 Å². The summed E-state index contributed by atoms with van der Waals surface area (Å²) in [7, 11) is 4.66. The number of rotatable bonds is 4. The van der Waals surface area contributed by atoms with Gasteiger partial charge < -0.3 is 24.4 Å². The van der Waals surface area contributed by atoms with Crippen molar-refractivity contribution < 1.29 is 19.0 Å². The first-order chi connectivity index (χ1) is 10.7. The van der Waals surface area contributed by atoms with Crippen molar-refractivity contribution in [1.82, 2.24) is 10.2 Å². The maximum atomic E-state index is 12.8. The Bertz CT molecular complexity index is 538. The van der Waals surface area contributed by atoms with Crippen LogP contribution in [-0.2, 0) is 0 Å². The number of amides is 1. The van der Waals surface area contributed by atoms with Crippen molar-refractivity contribution >= 4 is 5.91 Å². The van der Waals surface area contributed by atoms with Gasteiger partial charge in [0.2, 0.25) is 5.75 Å². The Balaban J connectivity index is 1.86. The van der Waals surface area contributed by atoms with Gasteiger partial charge in [0.25, 0.3) is 5.91 Å². The summed E-state index contributed by atoms with van der Waals surface area (Å²) in [6.07, 6.45) is 0. The van der Waals surface area contributed by atoms with Crippen LogP contribution >= 0.6 is 0 Å². The highest BCUT2D eigenvalue weighted by atomic mass is 16.5. The molecule has 120 valence electrons. The minimum atomic E-state index is 0.0219. The predicted molar refractivity (Wildman–Crippen MR) is 81.9 cm³/mol. The molecule has 0 saturated carbocycles. The van der Waals surface area contributed by atoms with Crippen LogP contribution in [0.25, 0.3) is 0 Å². The van der Waals surface area contributed by atoms with E-state index in [2.05, 4.69) is 5.32 Å². The van der Waals surface area contributed by atoms with E-state index in [1.165, 1.54) is 0 Å². The molecule has 0 bridgehead atoms. The number of hydrogen-bond acceptors (Lipinski definition) is 5. The summed E-state index contributed by atoms with van der Waals surface area (Å²) in [6.45, 7) is 3.63. The zero-order chi connectivity index (χ0) is 15.7. The SMILES string of the molecule is COc1cc(C(=O)N2C[C@H]3CNC[C@H]3C2)cc(OC)c1OC. The van der Waals surface area contributed by atoms with Crippen LogP contribution in [0.5, 0.6) is 17.2 Å². The molecular formula is C16H22N2O4. The molecule has 3 rings (SSSR count). The first-order valence-corrected chi connectivity index (χ1v) is 7.48. The summed E-state index contributed by atoms with van der Waals surface area (Å²) in [4.78, 5) is 14.7. The highest BCUT2D eigenvalue weighted by Crippen LogP contribution is 2.39. The first-order valence-electron chi connectivity index (χ1n) is 7.48. The molecule has 2 saturated heterocycles. The summed E-state index contributed by atoms with van der Waals surface area (Å²) in [6, 6.07) is 3.44. The summed E-state index contributed by atoms with van der Waals surface area (Å²) in [5, 5.41) is 3.38. The van der Waals surface area contributed by atoms with Gasteiger partial charge in [0, 0.05) is 31.7 Å². The molecular weight excluding hydrogens is 284 g/mol. The first kappa shape index (κ1) is 15.0. The van der Waals surface area contributed by atoms with Crippen LogP contribution in [0.15, 0.2) is 12.1 Å². The van der Waals surface area contributed by atoms with E-state index >= 15 is 0 Å². The Morgan fingerprint density at radius 3 is 2.05 bits per heavy atom. The van der Waals surface area contributed by atoms with Gasteiger partial charge in [-0.2, -0.15) is 0 Å². The Kier molecular flexibility index (Phi) is 4.11. The van der Waals surface area contributed by atoms with Crippen LogP contribution in [0.3, 0.4) is 0 Å². The van der Waals surface area contributed by atoms with Crippen molar-refractivity contribution in [2.45, 2.75) is 0 Å². The van der Waals surface area contributed by atoms with Gasteiger partial charge in [-0.25, -0.2) is 0 Å². The second-order valence-corrected chi connectivity index (χ2v) is 5.80. The van der Waals surface area contributed by atoms with Gasteiger partial charge in [-0.05, 0) is 24.0 Å². The number of benzene rings is 1. The van der Waals surface area contributed by atoms with Gasteiger partial charge in [-0.1, -0.05) is 0 Å². The summed E-state index contributed by atoms with van der Waals surface area (Å²) < 4.78 is 15.9. The fourth-order valence-corrected chi connectivity index (χ4v) is 3.41. The van der Waals surface area contributed by atoms with Gasteiger partial charge in [0.15, 0.2) is 11.5 Å². The number of carbonyl (C=O) groups is 1. The van der Waals surface area contributed by atoms with Gasteiger partial charge in [0.1, 0.15) is 0 Å². The Morgan fingerprint density at radius 2 is 1.59 bits per heavy atom. The smallest absolute Gasteiger partial charge is 0.254 e. The molecule has 6 nitrogen and oxygen atoms in total. The van der Waals surface area contributed by atoms with E-state index < -0.39 is 0 Å². The second-order valence-electron chi connectivity index (χ2n) is 5.80. The fourth-order valence-electron chi connectivity index (χ4n) is 3.41. The summed E-state index contributed by atoms with van der Waals surface area (Å²) >= 11 is 0. The molecule has 2 aliphatic heterocycles. The van der Waals surface area contributed by atoms with Gasteiger partial charge >= 0.3 is 0 Å². The monoisotopic (exact) mass is 306 g/mol. The Labute approximate surface area is 130 Å². The number of hydrogen-bond donors (Lipinski definition) is 1. The van der Waals surface area contributed by atoms with Crippen molar-refractivity contribution in [3.8, 4) is 17.2 Å². The minimum absolute atomic E-state index is 0.0219. The number of carbonyl (C=O) groups excluding carboxylic acids is 1. The molecule has 22 heavy (non-hydrogen) atoms. The van der Waals surface area contributed by atoms with E-state index in [-0.39, 0.29) is 5.91 Å². The van der Waals surface area contributed by atoms with Gasteiger partial charge in [-0.3, -0.25) is 4.79 Å². The molecule has 1 N–H and O–H groups in total. The maximum absolute atomic E-state index is 12.8. The highest BCUT2D eigenvalue weighted by molar-refractivity contribution is 5.96. The van der Waals surface area contributed by atoms with Crippen LogP contribution in [0.2, 0.25) is 0 Å². The molecule has 2 fully saturated rings. The molecule has 6 heteroatoms. The van der Waals surface area contributed by atoms with E-state index in [0.29, 0.717) is 34.6 Å². The van der Waals surface area contributed by atoms with Crippen LogP contribution in [0, 0.1) is 11.8 Å². The van der Waals surface area contributed by atoms with Crippen LogP contribution in [-0.4, -0.2) is 58.3 Å². The lowest BCUT2D eigenvalue weighted by Crippen LogP contribution is -2.31. The summed E-state index contributed by atoms with van der Waals surface area (Å²) in [5.74, 6) is 2.69. The van der Waals surface area contributed by atoms with Crippen LogP contribution in [0.4, 0.5) is 0 Å². The third kappa shape index (κ3) is 2.47. The molecule has 2 aliphatic rings. The number of nitrogens with zero attached hydrogens (tertiary/aromatic N) is 1. The van der Waals surface area contributed by atoms with E-state index in [1.807, 2.05) is 4.90 Å². The van der Waals surface area contributed by atoms with Crippen molar-refractivity contribution in [3.05, 3.63) is 17.7 Å². The maximum Gasteiger partial charge on any atom is 0.254 e. The normalized spacial score (nSPS) is 23.3. The highest BCUT2D eigenvalue weighted by Gasteiger charge is 2.38. The molecule has 2 atom stereocenters. The average molecular weight is 306 g/mol. The lowest BCUT2D eigenvalue weighted by molar-refractivity contribution is 0.0781. The third-order valence-corrected chi connectivity index (χ3v) is 4.59. The molecule has 1 amide bonds. The number of ether oxygens (including phenoxy) is 3. The van der Waals surface area contributed by atoms with E-state index in [0.717, 1.165) is 26.2 Å². The Hall–Kier alpha value is -1.95. The lowest BCUT2D eigenvalue weighted by atomic mass is 10.0. The van der Waals surface area contributed by atoms with Gasteiger partial charge in [0.05, 0.1) is 21.3 Å². The zero-order valence-corrected chi connectivity index (χ0v) is 13.2. The minimum Gasteiger partial charge on any atom is -0.493 e. The number of methoxy groups -OCH3 is 3. The third-order valence-electron chi connectivity index (χ3n) is 4.59. The average Bonchev–Trinajstić information content (AvgIpc) is 3.14. The van der Waals surface area contributed by atoms with Crippen molar-refractivity contribution in [2.24, 2.45) is 11.8 Å². The predicted octanol–water partition coefficient (Wildman–Crippen LogP) is 1.00. The molecule has 0 spiro atoms. The molecule has 1 aromatic carbocycles. The Morgan fingerprint density at radius 1 is 1.05 bits per heavy atom. The van der Waals surface area contributed by atoms with Crippen LogP contribution < -0.4 is 19.5 Å². The fraction of sp³-hybridized carbons (Fsp3) is 0.562.